The lowest BCUT2D eigenvalue weighted by Crippen LogP contribution is -2.23. The molecule has 0 saturated carbocycles. The van der Waals surface area contributed by atoms with Crippen LogP contribution in [0.5, 0.6) is 0 Å². The number of aromatic nitrogens is 1. The van der Waals surface area contributed by atoms with Gasteiger partial charge in [0, 0.05) is 18.2 Å². The molecule has 2 rings (SSSR count). The smallest absolute Gasteiger partial charge is 0.342 e. The molecule has 0 unspecified atom stereocenters. The van der Waals surface area contributed by atoms with Crippen LogP contribution in [-0.2, 0) is 9.53 Å². The van der Waals surface area contributed by atoms with Gasteiger partial charge in [-0.15, -0.1) is 0 Å². The summed E-state index contributed by atoms with van der Waals surface area (Å²) in [6.07, 6.45) is 0. The highest BCUT2D eigenvalue weighted by molar-refractivity contribution is 6.32. The Kier molecular flexibility index (Phi) is 6.69. The molecule has 6 nitrogen and oxygen atoms in total. The van der Waals surface area contributed by atoms with E-state index in [9.17, 15) is 14.4 Å². The standard InChI is InChI=1S/C20H21ClN2O4/c1-11-9-12(2)22-19(21)18(11)20(26)27-10-17(25)16-7-5-15(6-8-16)13(3)23-14(4)24/h5-9,13H,10H2,1-4H3,(H,23,24)/t13-/m1/s1. The average Bonchev–Trinajstić information content (AvgIpc) is 2.58. The molecule has 0 aliphatic rings. The second kappa shape index (κ2) is 8.77. The van der Waals surface area contributed by atoms with E-state index >= 15 is 0 Å². The molecule has 0 spiro atoms. The molecule has 1 aromatic heterocycles. The van der Waals surface area contributed by atoms with E-state index in [-0.39, 0.29) is 28.4 Å². The van der Waals surface area contributed by atoms with Crippen molar-refractivity contribution in [2.45, 2.75) is 33.7 Å². The number of rotatable bonds is 6. The number of amides is 1. The maximum atomic E-state index is 12.3. The Balaban J connectivity index is 2.01. The van der Waals surface area contributed by atoms with Gasteiger partial charge in [0.05, 0.1) is 11.6 Å². The number of aryl methyl sites for hydroxylation is 2. The van der Waals surface area contributed by atoms with Gasteiger partial charge in [-0.25, -0.2) is 9.78 Å². The van der Waals surface area contributed by atoms with Crippen molar-refractivity contribution in [3.63, 3.8) is 0 Å². The summed E-state index contributed by atoms with van der Waals surface area (Å²) in [6, 6.07) is 8.33. The predicted octanol–water partition coefficient (Wildman–Crippen LogP) is 3.59. The van der Waals surface area contributed by atoms with Gasteiger partial charge in [0.1, 0.15) is 5.15 Å². The molecule has 1 atom stereocenters. The first-order chi connectivity index (χ1) is 12.7. The minimum atomic E-state index is -0.686. The monoisotopic (exact) mass is 388 g/mol. The quantitative estimate of drug-likeness (QED) is 0.464. The van der Waals surface area contributed by atoms with Crippen molar-refractivity contribution < 1.29 is 19.1 Å². The number of ether oxygens (including phenoxy) is 1. The van der Waals surface area contributed by atoms with Crippen LogP contribution in [0.25, 0.3) is 0 Å². The summed E-state index contributed by atoms with van der Waals surface area (Å²) < 4.78 is 5.11. The molecular formula is C20H21ClN2O4. The Labute approximate surface area is 162 Å². The minimum Gasteiger partial charge on any atom is -0.454 e. The summed E-state index contributed by atoms with van der Waals surface area (Å²) in [7, 11) is 0. The van der Waals surface area contributed by atoms with E-state index in [4.69, 9.17) is 16.3 Å². The van der Waals surface area contributed by atoms with Crippen LogP contribution in [0.1, 0.15) is 57.4 Å². The van der Waals surface area contributed by atoms with Gasteiger partial charge in [0.15, 0.2) is 12.4 Å². The zero-order chi connectivity index (χ0) is 20.1. The van der Waals surface area contributed by atoms with Gasteiger partial charge in [-0.1, -0.05) is 35.9 Å². The van der Waals surface area contributed by atoms with Gasteiger partial charge in [0.25, 0.3) is 0 Å². The number of benzene rings is 1. The van der Waals surface area contributed by atoms with Crippen LogP contribution in [0, 0.1) is 13.8 Å². The highest BCUT2D eigenvalue weighted by atomic mass is 35.5. The van der Waals surface area contributed by atoms with E-state index < -0.39 is 12.6 Å². The zero-order valence-corrected chi connectivity index (χ0v) is 16.4. The summed E-state index contributed by atoms with van der Waals surface area (Å²) in [5.41, 5.74) is 2.77. The normalized spacial score (nSPS) is 11.6. The number of halogens is 1. The SMILES string of the molecule is CC(=O)N[C@H](C)c1ccc(C(=O)COC(=O)c2c(C)cc(C)nc2Cl)cc1. The maximum absolute atomic E-state index is 12.3. The molecule has 1 amide bonds. The van der Waals surface area contributed by atoms with Gasteiger partial charge in [-0.2, -0.15) is 0 Å². The molecule has 2 aromatic rings. The summed E-state index contributed by atoms with van der Waals surface area (Å²) in [6.45, 7) is 6.40. The summed E-state index contributed by atoms with van der Waals surface area (Å²) in [5, 5.41) is 2.83. The van der Waals surface area contributed by atoms with Crippen molar-refractivity contribution in [1.29, 1.82) is 0 Å². The van der Waals surface area contributed by atoms with Gasteiger partial charge in [0.2, 0.25) is 5.91 Å². The molecule has 0 saturated heterocycles. The lowest BCUT2D eigenvalue weighted by molar-refractivity contribution is -0.119. The van der Waals surface area contributed by atoms with Crippen LogP contribution < -0.4 is 5.32 Å². The van der Waals surface area contributed by atoms with Crippen LogP contribution >= 0.6 is 11.6 Å². The van der Waals surface area contributed by atoms with E-state index in [0.29, 0.717) is 16.8 Å². The zero-order valence-electron chi connectivity index (χ0n) is 15.6. The molecular weight excluding hydrogens is 368 g/mol. The number of nitrogens with one attached hydrogen (secondary N) is 1. The van der Waals surface area contributed by atoms with Crippen LogP contribution in [0.3, 0.4) is 0 Å². The first kappa shape index (κ1) is 20.6. The van der Waals surface area contributed by atoms with Crippen molar-refractivity contribution in [1.82, 2.24) is 10.3 Å². The first-order valence-corrected chi connectivity index (χ1v) is 8.78. The number of Topliss-reactive ketones (excluding diaryl/α,β-unsaturated/α-hetero) is 1. The third-order valence-corrected chi connectivity index (χ3v) is 4.26. The third kappa shape index (κ3) is 5.37. The molecule has 0 fully saturated rings. The Morgan fingerprint density at radius 2 is 1.81 bits per heavy atom. The summed E-state index contributed by atoms with van der Waals surface area (Å²) in [4.78, 5) is 39.7. The summed E-state index contributed by atoms with van der Waals surface area (Å²) >= 11 is 6.02. The molecule has 1 N–H and O–H groups in total. The number of pyridine rings is 1. The van der Waals surface area contributed by atoms with E-state index in [0.717, 1.165) is 5.56 Å². The Bertz CT molecular complexity index is 855. The highest BCUT2D eigenvalue weighted by Gasteiger charge is 2.19. The molecule has 0 aliphatic heterocycles. The number of carbonyl (C=O) groups is 3. The highest BCUT2D eigenvalue weighted by Crippen LogP contribution is 2.20. The largest absolute Gasteiger partial charge is 0.454 e. The molecule has 7 heteroatoms. The van der Waals surface area contributed by atoms with Gasteiger partial charge >= 0.3 is 5.97 Å². The molecule has 1 aromatic carbocycles. The molecule has 142 valence electrons. The lowest BCUT2D eigenvalue weighted by atomic mass is 10.0. The molecule has 27 heavy (non-hydrogen) atoms. The van der Waals surface area contributed by atoms with Gasteiger partial charge in [-0.05, 0) is 38.0 Å². The molecule has 0 radical (unpaired) electrons. The molecule has 0 bridgehead atoms. The van der Waals surface area contributed by atoms with E-state index in [1.807, 2.05) is 6.92 Å². The second-order valence-electron chi connectivity index (χ2n) is 6.29. The van der Waals surface area contributed by atoms with Crippen molar-refractivity contribution in [2.24, 2.45) is 0 Å². The predicted molar refractivity (Wildman–Crippen MR) is 102 cm³/mol. The Hall–Kier alpha value is -2.73. The maximum Gasteiger partial charge on any atom is 0.342 e. The fourth-order valence-electron chi connectivity index (χ4n) is 2.67. The average molecular weight is 389 g/mol. The van der Waals surface area contributed by atoms with Crippen LogP contribution in [-0.4, -0.2) is 29.3 Å². The molecule has 0 aliphatic carbocycles. The van der Waals surface area contributed by atoms with E-state index in [2.05, 4.69) is 10.3 Å². The van der Waals surface area contributed by atoms with Crippen molar-refractivity contribution in [3.8, 4) is 0 Å². The van der Waals surface area contributed by atoms with Gasteiger partial charge < -0.3 is 10.1 Å². The number of esters is 1. The molecule has 1 heterocycles. The summed E-state index contributed by atoms with van der Waals surface area (Å²) in [5.74, 6) is -1.15. The topological polar surface area (TPSA) is 85.4 Å². The van der Waals surface area contributed by atoms with Crippen molar-refractivity contribution in [3.05, 3.63) is 63.4 Å². The number of carbonyl (C=O) groups excluding carboxylic acids is 3. The number of ketones is 1. The Morgan fingerprint density at radius 1 is 1.19 bits per heavy atom. The number of hydrogen-bond acceptors (Lipinski definition) is 5. The Morgan fingerprint density at radius 3 is 2.37 bits per heavy atom. The van der Waals surface area contributed by atoms with Crippen LogP contribution in [0.15, 0.2) is 30.3 Å². The minimum absolute atomic E-state index is 0.0567. The van der Waals surface area contributed by atoms with Crippen molar-refractivity contribution >= 4 is 29.3 Å². The number of nitrogens with zero attached hydrogens (tertiary/aromatic N) is 1. The van der Waals surface area contributed by atoms with Crippen molar-refractivity contribution in [2.75, 3.05) is 6.61 Å². The van der Waals surface area contributed by atoms with Gasteiger partial charge in [-0.3, -0.25) is 9.59 Å². The second-order valence-corrected chi connectivity index (χ2v) is 6.65. The third-order valence-electron chi connectivity index (χ3n) is 3.99. The van der Waals surface area contributed by atoms with E-state index in [1.165, 1.54) is 6.92 Å². The fraction of sp³-hybridized carbons (Fsp3) is 0.300. The van der Waals surface area contributed by atoms with E-state index in [1.54, 1.807) is 44.2 Å². The van der Waals surface area contributed by atoms with Crippen LogP contribution in [0.4, 0.5) is 0 Å². The lowest BCUT2D eigenvalue weighted by Gasteiger charge is -2.13. The van der Waals surface area contributed by atoms with Crippen LogP contribution in [0.2, 0.25) is 5.15 Å². The fourth-order valence-corrected chi connectivity index (χ4v) is 3.03. The first-order valence-electron chi connectivity index (χ1n) is 8.40. The number of hydrogen-bond donors (Lipinski definition) is 1.